The van der Waals surface area contributed by atoms with Gasteiger partial charge in [0.15, 0.2) is 5.96 Å². The summed E-state index contributed by atoms with van der Waals surface area (Å²) in [5, 5.41) is 6.87. The fourth-order valence-corrected chi connectivity index (χ4v) is 3.31. The standard InChI is InChI=1S/C22H29N3O2/c1-16-5-6-17(20(13-16)27-4)14-24-21(23-2)25-15-22(11-12-22)18-7-9-19(26-3)10-8-18/h5-10,13H,11-12,14-15H2,1-4H3,(H2,23,24,25). The molecule has 5 heteroatoms. The van der Waals surface area contributed by atoms with Gasteiger partial charge in [0, 0.05) is 31.1 Å². The van der Waals surface area contributed by atoms with Crippen LogP contribution in [0.15, 0.2) is 47.5 Å². The van der Waals surface area contributed by atoms with Gasteiger partial charge in [-0.1, -0.05) is 24.3 Å². The second-order valence-electron chi connectivity index (χ2n) is 7.10. The van der Waals surface area contributed by atoms with Gasteiger partial charge in [-0.2, -0.15) is 0 Å². The summed E-state index contributed by atoms with van der Waals surface area (Å²) in [6.07, 6.45) is 2.38. The maximum absolute atomic E-state index is 5.48. The quantitative estimate of drug-likeness (QED) is 0.582. The Bertz CT molecular complexity index is 796. The van der Waals surface area contributed by atoms with Gasteiger partial charge in [0.05, 0.1) is 14.2 Å². The third-order valence-electron chi connectivity index (χ3n) is 5.26. The Hall–Kier alpha value is -2.69. The number of aliphatic imine (C=N–C) groups is 1. The first-order valence-corrected chi connectivity index (χ1v) is 9.33. The first-order valence-electron chi connectivity index (χ1n) is 9.33. The summed E-state index contributed by atoms with van der Waals surface area (Å²) in [5.41, 5.74) is 3.85. The number of hydrogen-bond acceptors (Lipinski definition) is 3. The van der Waals surface area contributed by atoms with E-state index >= 15 is 0 Å². The lowest BCUT2D eigenvalue weighted by molar-refractivity contribution is 0.408. The summed E-state index contributed by atoms with van der Waals surface area (Å²) in [6.45, 7) is 3.59. The van der Waals surface area contributed by atoms with Crippen molar-refractivity contribution in [3.63, 3.8) is 0 Å². The fourth-order valence-electron chi connectivity index (χ4n) is 3.31. The number of methoxy groups -OCH3 is 2. The Morgan fingerprint density at radius 1 is 1.04 bits per heavy atom. The number of nitrogens with zero attached hydrogens (tertiary/aromatic N) is 1. The summed E-state index contributed by atoms with van der Waals surface area (Å²) >= 11 is 0. The molecule has 5 nitrogen and oxygen atoms in total. The van der Waals surface area contributed by atoms with E-state index in [0.717, 1.165) is 29.6 Å². The summed E-state index contributed by atoms with van der Waals surface area (Å²) in [7, 11) is 5.20. The van der Waals surface area contributed by atoms with Crippen molar-refractivity contribution in [2.24, 2.45) is 4.99 Å². The smallest absolute Gasteiger partial charge is 0.191 e. The molecule has 2 N–H and O–H groups in total. The van der Waals surface area contributed by atoms with E-state index in [-0.39, 0.29) is 5.41 Å². The van der Waals surface area contributed by atoms with Crippen LogP contribution in [0, 0.1) is 6.92 Å². The second kappa shape index (κ2) is 8.33. The molecule has 0 unspecified atom stereocenters. The van der Waals surface area contributed by atoms with Gasteiger partial charge in [-0.25, -0.2) is 0 Å². The molecule has 0 radical (unpaired) electrons. The minimum Gasteiger partial charge on any atom is -0.497 e. The van der Waals surface area contributed by atoms with Gasteiger partial charge in [0.2, 0.25) is 0 Å². The van der Waals surface area contributed by atoms with E-state index in [1.807, 2.05) is 12.1 Å². The number of nitrogens with one attached hydrogen (secondary N) is 2. The molecule has 3 rings (SSSR count). The summed E-state index contributed by atoms with van der Waals surface area (Å²) < 4.78 is 10.7. The SMILES string of the molecule is CN=C(NCc1ccc(C)cc1OC)NCC1(c2ccc(OC)cc2)CC1. The molecule has 0 saturated heterocycles. The Labute approximate surface area is 161 Å². The first kappa shape index (κ1) is 19.1. The third kappa shape index (κ3) is 4.54. The average molecular weight is 367 g/mol. The number of aryl methyl sites for hydroxylation is 1. The van der Waals surface area contributed by atoms with Crippen molar-refractivity contribution in [1.82, 2.24) is 10.6 Å². The molecule has 0 atom stereocenters. The van der Waals surface area contributed by atoms with Gasteiger partial charge in [0.1, 0.15) is 11.5 Å². The number of guanidine groups is 1. The molecule has 0 amide bonds. The van der Waals surface area contributed by atoms with Crippen LogP contribution in [0.1, 0.15) is 29.5 Å². The molecule has 0 aromatic heterocycles. The molecule has 144 valence electrons. The third-order valence-corrected chi connectivity index (χ3v) is 5.26. The highest BCUT2D eigenvalue weighted by atomic mass is 16.5. The van der Waals surface area contributed by atoms with E-state index in [0.29, 0.717) is 6.54 Å². The Morgan fingerprint density at radius 3 is 2.37 bits per heavy atom. The van der Waals surface area contributed by atoms with E-state index in [1.54, 1.807) is 21.3 Å². The lowest BCUT2D eigenvalue weighted by Gasteiger charge is -2.20. The molecule has 1 aliphatic carbocycles. The molecule has 1 saturated carbocycles. The van der Waals surface area contributed by atoms with Crippen molar-refractivity contribution in [1.29, 1.82) is 0 Å². The van der Waals surface area contributed by atoms with Gasteiger partial charge in [-0.15, -0.1) is 0 Å². The molecule has 2 aromatic carbocycles. The zero-order chi connectivity index (χ0) is 19.3. The van der Waals surface area contributed by atoms with Crippen LogP contribution in [0.25, 0.3) is 0 Å². The molecular formula is C22H29N3O2. The Morgan fingerprint density at radius 2 is 1.78 bits per heavy atom. The summed E-state index contributed by atoms with van der Waals surface area (Å²) in [4.78, 5) is 4.36. The van der Waals surface area contributed by atoms with E-state index in [9.17, 15) is 0 Å². The maximum atomic E-state index is 5.48. The highest BCUT2D eigenvalue weighted by Gasteiger charge is 2.44. The average Bonchev–Trinajstić information content (AvgIpc) is 3.50. The van der Waals surface area contributed by atoms with Crippen LogP contribution in [0.5, 0.6) is 11.5 Å². The maximum Gasteiger partial charge on any atom is 0.191 e. The van der Waals surface area contributed by atoms with Crippen LogP contribution in [0.3, 0.4) is 0 Å². The molecule has 0 heterocycles. The Kier molecular flexibility index (Phi) is 5.89. The normalized spacial score (nSPS) is 15.2. The van der Waals surface area contributed by atoms with Crippen molar-refractivity contribution in [3.8, 4) is 11.5 Å². The molecule has 0 spiro atoms. The lowest BCUT2D eigenvalue weighted by atomic mass is 9.96. The van der Waals surface area contributed by atoms with Crippen molar-refractivity contribution < 1.29 is 9.47 Å². The summed E-state index contributed by atoms with van der Waals surface area (Å²) in [6, 6.07) is 14.6. The molecule has 1 fully saturated rings. The summed E-state index contributed by atoms with van der Waals surface area (Å²) in [5.74, 6) is 2.60. The number of rotatable bonds is 7. The van der Waals surface area contributed by atoms with Crippen molar-refractivity contribution in [3.05, 3.63) is 59.2 Å². The highest BCUT2D eigenvalue weighted by Crippen LogP contribution is 2.47. The molecule has 27 heavy (non-hydrogen) atoms. The van der Waals surface area contributed by atoms with E-state index < -0.39 is 0 Å². The molecule has 1 aliphatic rings. The van der Waals surface area contributed by atoms with Crippen LogP contribution < -0.4 is 20.1 Å². The van der Waals surface area contributed by atoms with Gasteiger partial charge >= 0.3 is 0 Å². The minimum atomic E-state index is 0.200. The van der Waals surface area contributed by atoms with Gasteiger partial charge in [0.25, 0.3) is 0 Å². The van der Waals surface area contributed by atoms with Crippen molar-refractivity contribution in [2.45, 2.75) is 31.7 Å². The minimum absolute atomic E-state index is 0.200. The molecule has 0 aliphatic heterocycles. The first-order chi connectivity index (χ1) is 13.1. The molecule has 2 aromatic rings. The lowest BCUT2D eigenvalue weighted by Crippen LogP contribution is -2.40. The second-order valence-corrected chi connectivity index (χ2v) is 7.10. The van der Waals surface area contributed by atoms with Crippen LogP contribution in [0.4, 0.5) is 0 Å². The van der Waals surface area contributed by atoms with Crippen molar-refractivity contribution in [2.75, 3.05) is 27.8 Å². The van der Waals surface area contributed by atoms with Crippen LogP contribution in [0.2, 0.25) is 0 Å². The number of ether oxygens (including phenoxy) is 2. The monoisotopic (exact) mass is 367 g/mol. The van der Waals surface area contributed by atoms with E-state index in [4.69, 9.17) is 9.47 Å². The van der Waals surface area contributed by atoms with Gasteiger partial charge < -0.3 is 20.1 Å². The predicted octanol–water partition coefficient (Wildman–Crippen LogP) is 3.41. The van der Waals surface area contributed by atoms with Gasteiger partial charge in [-0.05, 0) is 49.1 Å². The van der Waals surface area contributed by atoms with Gasteiger partial charge in [-0.3, -0.25) is 4.99 Å². The number of hydrogen-bond donors (Lipinski definition) is 2. The fraction of sp³-hybridized carbons (Fsp3) is 0.409. The van der Waals surface area contributed by atoms with Crippen molar-refractivity contribution >= 4 is 5.96 Å². The van der Waals surface area contributed by atoms with Crippen LogP contribution in [-0.2, 0) is 12.0 Å². The van der Waals surface area contributed by atoms with E-state index in [1.165, 1.54) is 24.0 Å². The number of benzene rings is 2. The zero-order valence-electron chi connectivity index (χ0n) is 16.6. The van der Waals surface area contributed by atoms with E-state index in [2.05, 4.69) is 52.9 Å². The Balaban J connectivity index is 1.58. The largest absolute Gasteiger partial charge is 0.497 e. The molecular weight excluding hydrogens is 338 g/mol. The molecule has 0 bridgehead atoms. The highest BCUT2D eigenvalue weighted by molar-refractivity contribution is 5.80. The van der Waals surface area contributed by atoms with Crippen LogP contribution in [-0.4, -0.2) is 33.8 Å². The predicted molar refractivity (Wildman–Crippen MR) is 110 cm³/mol. The zero-order valence-corrected chi connectivity index (χ0v) is 16.6. The van der Waals surface area contributed by atoms with Crippen LogP contribution >= 0.6 is 0 Å². The topological polar surface area (TPSA) is 54.9 Å².